The molecule has 1 aromatic heterocycles. The fourth-order valence-electron chi connectivity index (χ4n) is 3.39. The Hall–Kier alpha value is -1.78. The van der Waals surface area contributed by atoms with Crippen LogP contribution >= 0.6 is 0 Å². The van der Waals surface area contributed by atoms with Gasteiger partial charge in [-0.3, -0.25) is 0 Å². The molecule has 2 saturated heterocycles. The van der Waals surface area contributed by atoms with Crippen LogP contribution in [0.2, 0.25) is 0 Å². The minimum Gasteiger partial charge on any atom is -0.465 e. The van der Waals surface area contributed by atoms with E-state index < -0.39 is 0 Å². The fraction of sp³-hybridized carbons (Fsp3) is 0.647. The average Bonchev–Trinajstić information content (AvgIpc) is 2.62. The van der Waals surface area contributed by atoms with Crippen molar-refractivity contribution in [3.63, 3.8) is 0 Å². The van der Waals surface area contributed by atoms with Gasteiger partial charge in [-0.25, -0.2) is 9.78 Å². The van der Waals surface area contributed by atoms with E-state index in [2.05, 4.69) is 20.9 Å². The van der Waals surface area contributed by atoms with Crippen LogP contribution in [0.5, 0.6) is 0 Å². The monoisotopic (exact) mass is 303 g/mol. The fourth-order valence-corrected chi connectivity index (χ4v) is 3.39. The van der Waals surface area contributed by atoms with E-state index in [1.165, 1.54) is 45.6 Å². The first kappa shape index (κ1) is 15.1. The Balaban J connectivity index is 1.92. The number of anilines is 2. The number of pyridine rings is 1. The molecule has 0 aromatic carbocycles. The van der Waals surface area contributed by atoms with Crippen molar-refractivity contribution in [3.05, 3.63) is 17.8 Å². The van der Waals surface area contributed by atoms with E-state index >= 15 is 0 Å². The number of rotatable bonds is 3. The molecule has 5 heteroatoms. The molecule has 5 nitrogen and oxygen atoms in total. The maximum absolute atomic E-state index is 12.1. The molecule has 0 bridgehead atoms. The van der Waals surface area contributed by atoms with Crippen LogP contribution in [0.25, 0.3) is 0 Å². The number of esters is 1. The Bertz CT molecular complexity index is 521. The highest BCUT2D eigenvalue weighted by Gasteiger charge is 2.22. The summed E-state index contributed by atoms with van der Waals surface area (Å²) in [5, 5.41) is 0. The Kier molecular flexibility index (Phi) is 4.80. The van der Waals surface area contributed by atoms with E-state index in [9.17, 15) is 4.79 Å². The Morgan fingerprint density at radius 1 is 1.00 bits per heavy atom. The highest BCUT2D eigenvalue weighted by Crippen LogP contribution is 2.29. The Labute approximate surface area is 132 Å². The zero-order valence-electron chi connectivity index (χ0n) is 13.4. The van der Waals surface area contributed by atoms with E-state index in [0.717, 1.165) is 37.7 Å². The minimum absolute atomic E-state index is 0.293. The van der Waals surface area contributed by atoms with Gasteiger partial charge in [0.15, 0.2) is 0 Å². The van der Waals surface area contributed by atoms with Gasteiger partial charge in [0.2, 0.25) is 0 Å². The molecule has 120 valence electrons. The molecule has 1 aromatic rings. The second-order valence-corrected chi connectivity index (χ2v) is 6.15. The largest absolute Gasteiger partial charge is 0.465 e. The van der Waals surface area contributed by atoms with Crippen LogP contribution in [0.15, 0.2) is 12.3 Å². The van der Waals surface area contributed by atoms with Crippen LogP contribution < -0.4 is 9.80 Å². The predicted molar refractivity (Wildman–Crippen MR) is 87.7 cm³/mol. The number of nitrogens with zero attached hydrogens (tertiary/aromatic N) is 3. The first-order chi connectivity index (χ1) is 10.8. The number of hydrogen-bond acceptors (Lipinski definition) is 5. The summed E-state index contributed by atoms with van der Waals surface area (Å²) in [7, 11) is 1.43. The normalized spacial score (nSPS) is 19.1. The first-order valence-corrected chi connectivity index (χ1v) is 8.38. The second-order valence-electron chi connectivity index (χ2n) is 6.15. The van der Waals surface area contributed by atoms with Gasteiger partial charge in [0.05, 0.1) is 12.8 Å². The Morgan fingerprint density at radius 2 is 1.59 bits per heavy atom. The van der Waals surface area contributed by atoms with Crippen LogP contribution in [-0.4, -0.2) is 44.2 Å². The number of carbonyl (C=O) groups is 1. The van der Waals surface area contributed by atoms with Crippen molar-refractivity contribution in [2.24, 2.45) is 0 Å². The van der Waals surface area contributed by atoms with Gasteiger partial charge in [0.1, 0.15) is 11.4 Å². The molecule has 0 N–H and O–H groups in total. The molecule has 2 aliphatic heterocycles. The van der Waals surface area contributed by atoms with E-state index in [-0.39, 0.29) is 5.97 Å². The molecule has 0 spiro atoms. The molecule has 2 aliphatic rings. The summed E-state index contributed by atoms with van der Waals surface area (Å²) in [5.41, 5.74) is 1.58. The predicted octanol–water partition coefficient (Wildman–Crippen LogP) is 2.85. The lowest BCUT2D eigenvalue weighted by Crippen LogP contribution is -2.33. The zero-order valence-corrected chi connectivity index (χ0v) is 13.4. The topological polar surface area (TPSA) is 45.7 Å². The van der Waals surface area contributed by atoms with Gasteiger partial charge in [-0.15, -0.1) is 0 Å². The van der Waals surface area contributed by atoms with E-state index in [1.807, 2.05) is 0 Å². The van der Waals surface area contributed by atoms with Gasteiger partial charge in [0, 0.05) is 38.4 Å². The standard InChI is InChI=1S/C17H25N3O2/c1-22-17(21)14-13-18-16(20-10-6-3-7-11-20)12-15(14)19-8-4-2-5-9-19/h12-13H,2-11H2,1H3. The molecule has 0 atom stereocenters. The molecule has 0 amide bonds. The molecule has 3 heterocycles. The maximum Gasteiger partial charge on any atom is 0.341 e. The Morgan fingerprint density at radius 3 is 2.18 bits per heavy atom. The van der Waals surface area contributed by atoms with Crippen molar-refractivity contribution in [2.75, 3.05) is 43.1 Å². The van der Waals surface area contributed by atoms with Gasteiger partial charge in [-0.1, -0.05) is 0 Å². The van der Waals surface area contributed by atoms with Gasteiger partial charge in [0.25, 0.3) is 0 Å². The summed E-state index contributed by atoms with van der Waals surface area (Å²) < 4.78 is 4.93. The molecule has 0 unspecified atom stereocenters. The summed E-state index contributed by atoms with van der Waals surface area (Å²) >= 11 is 0. The van der Waals surface area contributed by atoms with Gasteiger partial charge >= 0.3 is 5.97 Å². The third kappa shape index (κ3) is 3.18. The van der Waals surface area contributed by atoms with Crippen molar-refractivity contribution in [1.82, 2.24) is 4.98 Å². The maximum atomic E-state index is 12.1. The summed E-state index contributed by atoms with van der Waals surface area (Å²) in [6.07, 6.45) is 9.08. The van der Waals surface area contributed by atoms with E-state index in [0.29, 0.717) is 5.56 Å². The van der Waals surface area contributed by atoms with Gasteiger partial charge in [-0.05, 0) is 38.5 Å². The summed E-state index contributed by atoms with van der Waals surface area (Å²) in [4.78, 5) is 21.2. The van der Waals surface area contributed by atoms with Crippen molar-refractivity contribution in [3.8, 4) is 0 Å². The van der Waals surface area contributed by atoms with Gasteiger partial charge < -0.3 is 14.5 Å². The lowest BCUT2D eigenvalue weighted by molar-refractivity contribution is 0.0601. The molecular formula is C17H25N3O2. The summed E-state index contributed by atoms with van der Waals surface area (Å²) in [6, 6.07) is 2.09. The molecule has 2 fully saturated rings. The van der Waals surface area contributed by atoms with Gasteiger partial charge in [-0.2, -0.15) is 0 Å². The molecule has 22 heavy (non-hydrogen) atoms. The number of piperidine rings is 2. The average molecular weight is 303 g/mol. The second kappa shape index (κ2) is 6.99. The zero-order chi connectivity index (χ0) is 15.4. The number of aromatic nitrogens is 1. The van der Waals surface area contributed by atoms with Crippen LogP contribution in [0.3, 0.4) is 0 Å². The van der Waals surface area contributed by atoms with Crippen molar-refractivity contribution in [2.45, 2.75) is 38.5 Å². The first-order valence-electron chi connectivity index (χ1n) is 8.38. The van der Waals surface area contributed by atoms with Crippen LogP contribution in [0.1, 0.15) is 48.9 Å². The van der Waals surface area contributed by atoms with Crippen LogP contribution in [0.4, 0.5) is 11.5 Å². The quantitative estimate of drug-likeness (QED) is 0.804. The smallest absolute Gasteiger partial charge is 0.341 e. The van der Waals surface area contributed by atoms with Crippen molar-refractivity contribution >= 4 is 17.5 Å². The van der Waals surface area contributed by atoms with Crippen molar-refractivity contribution < 1.29 is 9.53 Å². The number of carbonyl (C=O) groups excluding carboxylic acids is 1. The third-order valence-electron chi connectivity index (χ3n) is 4.65. The van der Waals surface area contributed by atoms with Crippen molar-refractivity contribution in [1.29, 1.82) is 0 Å². The molecule has 0 saturated carbocycles. The number of ether oxygens (including phenoxy) is 1. The highest BCUT2D eigenvalue weighted by atomic mass is 16.5. The third-order valence-corrected chi connectivity index (χ3v) is 4.65. The number of methoxy groups -OCH3 is 1. The molecular weight excluding hydrogens is 278 g/mol. The van der Waals surface area contributed by atoms with Crippen LogP contribution in [-0.2, 0) is 4.74 Å². The molecule has 0 radical (unpaired) electrons. The lowest BCUT2D eigenvalue weighted by atomic mass is 10.1. The molecule has 3 rings (SSSR count). The number of hydrogen-bond donors (Lipinski definition) is 0. The highest BCUT2D eigenvalue weighted by molar-refractivity contribution is 5.96. The van der Waals surface area contributed by atoms with E-state index in [1.54, 1.807) is 6.20 Å². The summed E-state index contributed by atoms with van der Waals surface area (Å²) in [5.74, 6) is 0.700. The minimum atomic E-state index is -0.293. The molecule has 0 aliphatic carbocycles. The lowest BCUT2D eigenvalue weighted by Gasteiger charge is -2.32. The van der Waals surface area contributed by atoms with Crippen LogP contribution in [0, 0.1) is 0 Å². The summed E-state index contributed by atoms with van der Waals surface area (Å²) in [6.45, 7) is 4.13. The SMILES string of the molecule is COC(=O)c1cnc(N2CCCCC2)cc1N1CCCCC1. The van der Waals surface area contributed by atoms with E-state index in [4.69, 9.17) is 4.74 Å².